The Morgan fingerprint density at radius 1 is 0.385 bits per heavy atom. The van der Waals surface area contributed by atoms with Gasteiger partial charge in [-0.05, 0) is 109 Å². The van der Waals surface area contributed by atoms with Crippen LogP contribution in [0, 0.1) is 0 Å². The van der Waals surface area contributed by atoms with E-state index in [9.17, 15) is 15.0 Å². The van der Waals surface area contributed by atoms with Gasteiger partial charge in [-0.25, -0.2) is 0 Å². The van der Waals surface area contributed by atoms with Gasteiger partial charge in [-0.3, -0.25) is 4.79 Å². The molecule has 0 aromatic heterocycles. The van der Waals surface area contributed by atoms with Crippen molar-refractivity contribution in [3.8, 4) is 0 Å². The minimum Gasteiger partial charge on any atom is -0.394 e. The number of hydrogen-bond donors (Lipinski definition) is 3. The highest BCUT2D eigenvalue weighted by Crippen LogP contribution is 2.13. The lowest BCUT2D eigenvalue weighted by molar-refractivity contribution is -0.123. The molecule has 0 rings (SSSR count). The van der Waals surface area contributed by atoms with Gasteiger partial charge in [-0.1, -0.05) is 244 Å². The molecule has 0 aliphatic heterocycles. The summed E-state index contributed by atoms with van der Waals surface area (Å²) in [6, 6.07) is -0.665. The number of carbonyl (C=O) groups is 1. The van der Waals surface area contributed by atoms with Crippen LogP contribution in [0.15, 0.2) is 134 Å². The SMILES string of the molecule is CC/C=C\C/C=C\C/C=C\C/C=C\C/C=C\C/C=C\C/C=C\C/C=C\CCCCCCCCC(=O)NC(CO)C(O)/C=C/CC/C=C/CC/C=C/CCCCCCCCCCCCCC. The van der Waals surface area contributed by atoms with E-state index >= 15 is 0 Å². The van der Waals surface area contributed by atoms with Crippen LogP contribution in [0.1, 0.15) is 226 Å². The van der Waals surface area contributed by atoms with Crippen molar-refractivity contribution in [2.75, 3.05) is 6.61 Å². The number of unbranched alkanes of at least 4 members (excludes halogenated alkanes) is 20. The normalized spacial score (nSPS) is 14.0. The molecule has 0 bridgehead atoms. The van der Waals surface area contributed by atoms with Crippen molar-refractivity contribution in [3.63, 3.8) is 0 Å². The number of allylic oxidation sites excluding steroid dienone is 21. The molecule has 2 unspecified atom stereocenters. The van der Waals surface area contributed by atoms with Crippen LogP contribution in [0.25, 0.3) is 0 Å². The van der Waals surface area contributed by atoms with E-state index in [1.807, 2.05) is 6.08 Å². The van der Waals surface area contributed by atoms with E-state index in [-0.39, 0.29) is 12.5 Å². The summed E-state index contributed by atoms with van der Waals surface area (Å²) < 4.78 is 0. The minimum atomic E-state index is -0.887. The third-order valence-corrected chi connectivity index (χ3v) is 11.3. The van der Waals surface area contributed by atoms with Crippen LogP contribution in [0.2, 0.25) is 0 Å². The van der Waals surface area contributed by atoms with E-state index < -0.39 is 12.1 Å². The number of rotatable bonds is 47. The molecule has 4 nitrogen and oxygen atoms in total. The van der Waals surface area contributed by atoms with Gasteiger partial charge in [0.1, 0.15) is 0 Å². The maximum absolute atomic E-state index is 12.5. The number of aliphatic hydroxyl groups is 2. The third kappa shape index (κ3) is 51.4. The van der Waals surface area contributed by atoms with Gasteiger partial charge in [0, 0.05) is 6.42 Å². The fraction of sp³-hybridized carbons (Fsp3) is 0.623. The van der Waals surface area contributed by atoms with E-state index in [0.29, 0.717) is 6.42 Å². The number of aliphatic hydroxyl groups excluding tert-OH is 2. The molecule has 4 heteroatoms. The first-order chi connectivity index (χ1) is 32.2. The largest absolute Gasteiger partial charge is 0.394 e. The monoisotopic (exact) mass is 896 g/mol. The summed E-state index contributed by atoms with van der Waals surface area (Å²) in [5.41, 5.74) is 0. The Balaban J connectivity index is 3.71. The average molecular weight is 896 g/mol. The van der Waals surface area contributed by atoms with Crippen molar-refractivity contribution in [2.24, 2.45) is 0 Å². The van der Waals surface area contributed by atoms with Gasteiger partial charge in [-0.2, -0.15) is 0 Å². The van der Waals surface area contributed by atoms with Crippen molar-refractivity contribution in [1.82, 2.24) is 5.32 Å². The van der Waals surface area contributed by atoms with Gasteiger partial charge < -0.3 is 15.5 Å². The molecule has 2 atom stereocenters. The molecule has 368 valence electrons. The molecule has 1 amide bonds. The van der Waals surface area contributed by atoms with Gasteiger partial charge in [0.15, 0.2) is 0 Å². The first-order valence-electron chi connectivity index (χ1n) is 26.9. The zero-order valence-electron chi connectivity index (χ0n) is 42.2. The minimum absolute atomic E-state index is 0.0980. The zero-order valence-corrected chi connectivity index (χ0v) is 42.2. The summed E-state index contributed by atoms with van der Waals surface area (Å²) in [5, 5.41) is 23.1. The third-order valence-electron chi connectivity index (χ3n) is 11.3. The van der Waals surface area contributed by atoms with Crippen molar-refractivity contribution >= 4 is 5.91 Å². The molecular weight excluding hydrogens is 795 g/mol. The summed E-state index contributed by atoms with van der Waals surface area (Å²) in [6.45, 7) is 4.17. The zero-order chi connectivity index (χ0) is 47.0. The van der Waals surface area contributed by atoms with E-state index in [1.165, 1.54) is 103 Å². The Labute approximate surface area is 402 Å². The van der Waals surface area contributed by atoms with Gasteiger partial charge in [0.2, 0.25) is 5.91 Å². The second-order valence-corrected chi connectivity index (χ2v) is 17.5. The van der Waals surface area contributed by atoms with Crippen molar-refractivity contribution < 1.29 is 15.0 Å². The van der Waals surface area contributed by atoms with E-state index in [4.69, 9.17) is 0 Å². The Morgan fingerprint density at radius 3 is 1.08 bits per heavy atom. The molecule has 0 aliphatic rings. The molecule has 0 saturated heterocycles. The summed E-state index contributed by atoms with van der Waals surface area (Å²) in [6.07, 6.45) is 85.9. The number of amides is 1. The quantitative estimate of drug-likeness (QED) is 0.0421. The standard InChI is InChI=1S/C61H101NO3/c1-3-5-7-9-11-13-15-17-19-21-23-25-27-28-29-30-31-32-33-34-35-37-39-41-43-45-47-49-51-53-55-57-61(65)62-59(58-63)60(64)56-54-52-50-48-46-44-42-40-38-36-26-24-22-20-18-16-14-12-10-8-6-4-2/h5,7,11,13,17,19,23,25,28-29,31-32,34-35,38-41,46,48,54,56,59-60,63-64H,3-4,6,8-10,12,14-16,18,20-22,24,26-27,30,33,36-37,42-45,47,49-53,55,57-58H2,1-2H3,(H,62,65)/b7-5-,13-11-,19-17-,25-23-,29-28-,32-31-,35-34-,40-38+,41-39-,48-46+,56-54+. The Hall–Kier alpha value is -3.47. The summed E-state index contributed by atoms with van der Waals surface area (Å²) >= 11 is 0. The second kappa shape index (κ2) is 54.9. The highest BCUT2D eigenvalue weighted by Gasteiger charge is 2.17. The van der Waals surface area contributed by atoms with Crippen molar-refractivity contribution in [3.05, 3.63) is 134 Å². The van der Waals surface area contributed by atoms with Gasteiger partial charge >= 0.3 is 0 Å². The maximum Gasteiger partial charge on any atom is 0.220 e. The van der Waals surface area contributed by atoms with Crippen LogP contribution in [0.3, 0.4) is 0 Å². The maximum atomic E-state index is 12.5. The summed E-state index contributed by atoms with van der Waals surface area (Å²) in [4.78, 5) is 12.5. The predicted octanol–water partition coefficient (Wildman–Crippen LogP) is 17.9. The molecule has 3 N–H and O–H groups in total. The topological polar surface area (TPSA) is 69.6 Å². The van der Waals surface area contributed by atoms with Gasteiger partial charge in [0.25, 0.3) is 0 Å². The van der Waals surface area contributed by atoms with E-state index in [1.54, 1.807) is 6.08 Å². The van der Waals surface area contributed by atoms with Gasteiger partial charge in [0.05, 0.1) is 18.8 Å². The molecule has 0 saturated carbocycles. The Kier molecular flexibility index (Phi) is 51.9. The molecule has 0 radical (unpaired) electrons. The Morgan fingerprint density at radius 2 is 0.692 bits per heavy atom. The molecule has 65 heavy (non-hydrogen) atoms. The molecule has 0 aromatic rings. The van der Waals surface area contributed by atoms with Crippen LogP contribution >= 0.6 is 0 Å². The lowest BCUT2D eigenvalue weighted by Gasteiger charge is -2.19. The smallest absolute Gasteiger partial charge is 0.220 e. The molecule has 0 heterocycles. The molecular formula is C61H101NO3. The molecule has 0 aromatic carbocycles. The van der Waals surface area contributed by atoms with Crippen LogP contribution in [0.4, 0.5) is 0 Å². The second-order valence-electron chi connectivity index (χ2n) is 17.5. The number of carbonyl (C=O) groups excluding carboxylic acids is 1. The van der Waals surface area contributed by atoms with Crippen molar-refractivity contribution in [1.29, 1.82) is 0 Å². The lowest BCUT2D eigenvalue weighted by Crippen LogP contribution is -2.45. The number of hydrogen-bond acceptors (Lipinski definition) is 3. The van der Waals surface area contributed by atoms with Crippen LogP contribution in [0.5, 0.6) is 0 Å². The van der Waals surface area contributed by atoms with Gasteiger partial charge in [-0.15, -0.1) is 0 Å². The highest BCUT2D eigenvalue weighted by atomic mass is 16.3. The van der Waals surface area contributed by atoms with Crippen LogP contribution in [-0.2, 0) is 4.79 Å². The predicted molar refractivity (Wildman–Crippen MR) is 289 cm³/mol. The lowest BCUT2D eigenvalue weighted by atomic mass is 10.0. The average Bonchev–Trinajstić information content (AvgIpc) is 3.31. The number of nitrogens with one attached hydrogen (secondary N) is 1. The molecule has 0 aliphatic carbocycles. The Bertz CT molecular complexity index is 1340. The molecule has 0 spiro atoms. The van der Waals surface area contributed by atoms with Crippen LogP contribution in [-0.4, -0.2) is 34.9 Å². The molecule has 0 fully saturated rings. The summed E-state index contributed by atoms with van der Waals surface area (Å²) in [7, 11) is 0. The van der Waals surface area contributed by atoms with E-state index in [2.05, 4.69) is 141 Å². The van der Waals surface area contributed by atoms with Crippen LogP contribution < -0.4 is 5.32 Å². The fourth-order valence-corrected chi connectivity index (χ4v) is 7.28. The summed E-state index contributed by atoms with van der Waals surface area (Å²) in [5.74, 6) is -0.0980. The fourth-order valence-electron chi connectivity index (χ4n) is 7.28. The van der Waals surface area contributed by atoms with E-state index in [0.717, 1.165) is 103 Å². The first-order valence-corrected chi connectivity index (χ1v) is 26.9. The highest BCUT2D eigenvalue weighted by molar-refractivity contribution is 5.76. The van der Waals surface area contributed by atoms with Crippen molar-refractivity contribution in [2.45, 2.75) is 238 Å². The first kappa shape index (κ1) is 61.5.